The van der Waals surface area contributed by atoms with E-state index in [1.54, 1.807) is 12.1 Å². The van der Waals surface area contributed by atoms with E-state index in [0.29, 0.717) is 18.0 Å². The molecule has 1 heterocycles. The number of alkyl halides is 2. The number of aliphatic hydroxyl groups is 1. The Morgan fingerprint density at radius 3 is 2.70 bits per heavy atom. The van der Waals surface area contributed by atoms with E-state index in [4.69, 9.17) is 11.6 Å². The van der Waals surface area contributed by atoms with Crippen molar-refractivity contribution in [3.8, 4) is 0 Å². The highest BCUT2D eigenvalue weighted by molar-refractivity contribution is 6.29. The first-order chi connectivity index (χ1) is 9.35. The number of hydrogen-bond donors (Lipinski definition) is 2. The van der Waals surface area contributed by atoms with Crippen LogP contribution in [0.2, 0.25) is 5.15 Å². The number of carbonyl (C=O) groups is 1. The summed E-state index contributed by atoms with van der Waals surface area (Å²) in [5.74, 6) is -5.18. The Kier molecular flexibility index (Phi) is 4.25. The number of hydrogen-bond acceptors (Lipinski definition) is 3. The molecule has 1 amide bonds. The number of carbonyl (C=O) groups excluding carboxylic acids is 1. The van der Waals surface area contributed by atoms with Gasteiger partial charge in [0.15, 0.2) is 0 Å². The molecule has 1 fully saturated rings. The molecule has 2 N–H and O–H groups in total. The summed E-state index contributed by atoms with van der Waals surface area (Å²) >= 11 is 5.62. The largest absolute Gasteiger partial charge is 0.383 e. The first-order valence-corrected chi connectivity index (χ1v) is 6.72. The molecule has 0 unspecified atom stereocenters. The monoisotopic (exact) mass is 304 g/mol. The average Bonchev–Trinajstić information content (AvgIpc) is 2.38. The fourth-order valence-electron chi connectivity index (χ4n) is 2.02. The summed E-state index contributed by atoms with van der Waals surface area (Å²) in [7, 11) is 0. The van der Waals surface area contributed by atoms with Crippen LogP contribution in [0.1, 0.15) is 24.8 Å². The predicted octanol–water partition coefficient (Wildman–Crippen LogP) is 1.94. The van der Waals surface area contributed by atoms with Crippen molar-refractivity contribution in [2.45, 2.75) is 37.2 Å². The maximum absolute atomic E-state index is 13.7. The summed E-state index contributed by atoms with van der Waals surface area (Å²) < 4.78 is 27.5. The van der Waals surface area contributed by atoms with Crippen molar-refractivity contribution in [1.82, 2.24) is 10.3 Å². The summed E-state index contributed by atoms with van der Waals surface area (Å²) in [6.07, 6.45) is 2.30. The van der Waals surface area contributed by atoms with Gasteiger partial charge in [-0.1, -0.05) is 17.7 Å². The molecule has 1 aliphatic carbocycles. The SMILES string of the molecule is O=C(NCCc1ccc(Cl)nc1)C(F)(F)C1(O)CCC1. The van der Waals surface area contributed by atoms with Gasteiger partial charge >= 0.3 is 5.92 Å². The highest BCUT2D eigenvalue weighted by atomic mass is 35.5. The second-order valence-electron chi connectivity index (χ2n) is 4.95. The van der Waals surface area contributed by atoms with Gasteiger partial charge in [0.1, 0.15) is 10.8 Å². The van der Waals surface area contributed by atoms with Crippen LogP contribution in [-0.4, -0.2) is 34.1 Å². The zero-order chi connectivity index (χ0) is 14.8. The molecule has 1 aromatic heterocycles. The second-order valence-corrected chi connectivity index (χ2v) is 5.34. The van der Waals surface area contributed by atoms with Crippen LogP contribution in [0.15, 0.2) is 18.3 Å². The number of nitrogens with one attached hydrogen (secondary N) is 1. The van der Waals surface area contributed by atoms with Gasteiger partial charge in [-0.2, -0.15) is 8.78 Å². The third kappa shape index (κ3) is 2.91. The molecular formula is C13H15ClF2N2O2. The number of rotatable bonds is 5. The van der Waals surface area contributed by atoms with E-state index in [9.17, 15) is 18.7 Å². The molecule has 20 heavy (non-hydrogen) atoms. The topological polar surface area (TPSA) is 62.2 Å². The van der Waals surface area contributed by atoms with Crippen molar-refractivity contribution in [1.29, 1.82) is 0 Å². The van der Waals surface area contributed by atoms with E-state index in [-0.39, 0.29) is 19.4 Å². The lowest BCUT2D eigenvalue weighted by molar-refractivity contribution is -0.215. The van der Waals surface area contributed by atoms with Crippen LogP contribution in [0.25, 0.3) is 0 Å². The third-order valence-corrected chi connectivity index (χ3v) is 3.76. The third-order valence-electron chi connectivity index (χ3n) is 3.54. The Balaban J connectivity index is 1.84. The molecule has 7 heteroatoms. The van der Waals surface area contributed by atoms with E-state index in [1.165, 1.54) is 6.20 Å². The van der Waals surface area contributed by atoms with E-state index in [1.807, 2.05) is 0 Å². The molecule has 0 spiro atoms. The van der Waals surface area contributed by atoms with E-state index in [2.05, 4.69) is 10.3 Å². The fourth-order valence-corrected chi connectivity index (χ4v) is 2.13. The minimum atomic E-state index is -3.75. The maximum Gasteiger partial charge on any atom is 0.352 e. The summed E-state index contributed by atoms with van der Waals surface area (Å²) in [6.45, 7) is 0.0494. The number of pyridine rings is 1. The molecule has 0 saturated heterocycles. The molecule has 110 valence electrons. The van der Waals surface area contributed by atoms with Crippen LogP contribution in [0.3, 0.4) is 0 Å². The van der Waals surface area contributed by atoms with Gasteiger partial charge < -0.3 is 10.4 Å². The van der Waals surface area contributed by atoms with E-state index in [0.717, 1.165) is 5.56 Å². The Bertz CT molecular complexity index is 490. The first kappa shape index (κ1) is 15.1. The van der Waals surface area contributed by atoms with Gasteiger partial charge in [0, 0.05) is 12.7 Å². The summed E-state index contributed by atoms with van der Waals surface area (Å²) in [5, 5.41) is 12.1. The van der Waals surface area contributed by atoms with Crippen molar-refractivity contribution in [2.75, 3.05) is 6.54 Å². The second kappa shape index (κ2) is 5.61. The Hall–Kier alpha value is -1.27. The lowest BCUT2D eigenvalue weighted by Crippen LogP contribution is -2.60. The molecule has 1 aliphatic rings. The lowest BCUT2D eigenvalue weighted by atomic mass is 9.75. The van der Waals surface area contributed by atoms with Crippen molar-refractivity contribution < 1.29 is 18.7 Å². The molecule has 0 atom stereocenters. The number of nitrogens with zero attached hydrogens (tertiary/aromatic N) is 1. The Labute approximate surface area is 120 Å². The average molecular weight is 305 g/mol. The first-order valence-electron chi connectivity index (χ1n) is 6.34. The van der Waals surface area contributed by atoms with Crippen LogP contribution in [-0.2, 0) is 11.2 Å². The molecule has 0 bridgehead atoms. The maximum atomic E-state index is 13.7. The Morgan fingerprint density at radius 2 is 2.20 bits per heavy atom. The molecule has 4 nitrogen and oxygen atoms in total. The van der Waals surface area contributed by atoms with Crippen molar-refractivity contribution >= 4 is 17.5 Å². The molecule has 0 radical (unpaired) electrons. The van der Waals surface area contributed by atoms with Crippen molar-refractivity contribution in [3.63, 3.8) is 0 Å². The number of halogens is 3. The van der Waals surface area contributed by atoms with E-state index >= 15 is 0 Å². The summed E-state index contributed by atoms with van der Waals surface area (Å²) in [6, 6.07) is 3.30. The predicted molar refractivity (Wildman–Crippen MR) is 69.7 cm³/mol. The highest BCUT2D eigenvalue weighted by Gasteiger charge is 2.60. The van der Waals surface area contributed by atoms with Gasteiger partial charge in [-0.25, -0.2) is 4.98 Å². The molecule has 2 rings (SSSR count). The van der Waals surface area contributed by atoms with Crippen LogP contribution >= 0.6 is 11.6 Å². The summed E-state index contributed by atoms with van der Waals surface area (Å²) in [4.78, 5) is 15.3. The van der Waals surface area contributed by atoms with Crippen LogP contribution < -0.4 is 5.32 Å². The van der Waals surface area contributed by atoms with Crippen LogP contribution in [0, 0.1) is 0 Å². The van der Waals surface area contributed by atoms with Gasteiger partial charge in [0.2, 0.25) is 0 Å². The zero-order valence-electron chi connectivity index (χ0n) is 10.7. The number of amides is 1. The Morgan fingerprint density at radius 1 is 1.50 bits per heavy atom. The van der Waals surface area contributed by atoms with Crippen LogP contribution in [0.5, 0.6) is 0 Å². The summed E-state index contributed by atoms with van der Waals surface area (Å²) in [5.41, 5.74) is -1.40. The smallest absolute Gasteiger partial charge is 0.352 e. The van der Waals surface area contributed by atoms with E-state index < -0.39 is 17.4 Å². The molecular weight excluding hydrogens is 290 g/mol. The quantitative estimate of drug-likeness (QED) is 0.817. The normalized spacial score (nSPS) is 17.4. The van der Waals surface area contributed by atoms with Crippen molar-refractivity contribution in [2.24, 2.45) is 0 Å². The highest BCUT2D eigenvalue weighted by Crippen LogP contribution is 2.44. The van der Waals surface area contributed by atoms with Gasteiger partial charge in [0.05, 0.1) is 0 Å². The van der Waals surface area contributed by atoms with Crippen molar-refractivity contribution in [3.05, 3.63) is 29.0 Å². The standard InChI is InChI=1S/C13H15ClF2N2O2/c14-10-3-2-9(8-18-10)4-7-17-11(19)13(15,16)12(20)5-1-6-12/h2-3,8,20H,1,4-7H2,(H,17,19). The fraction of sp³-hybridized carbons (Fsp3) is 0.538. The van der Waals surface area contributed by atoms with Gasteiger partial charge in [-0.3, -0.25) is 4.79 Å². The molecule has 0 aliphatic heterocycles. The zero-order valence-corrected chi connectivity index (χ0v) is 11.5. The minimum absolute atomic E-state index is 0.0471. The molecule has 0 aromatic carbocycles. The van der Waals surface area contributed by atoms with Crippen LogP contribution in [0.4, 0.5) is 8.78 Å². The van der Waals surface area contributed by atoms with Gasteiger partial charge in [-0.05, 0) is 37.3 Å². The minimum Gasteiger partial charge on any atom is -0.383 e. The molecule has 1 aromatic rings. The molecule has 1 saturated carbocycles. The number of aromatic nitrogens is 1. The lowest BCUT2D eigenvalue weighted by Gasteiger charge is -2.41. The van der Waals surface area contributed by atoms with Gasteiger partial charge in [-0.15, -0.1) is 0 Å². The van der Waals surface area contributed by atoms with Gasteiger partial charge in [0.25, 0.3) is 5.91 Å².